The van der Waals surface area contributed by atoms with E-state index in [4.69, 9.17) is 14.0 Å². The molecule has 2 aliphatic rings. The second-order valence-electron chi connectivity index (χ2n) is 6.31. The molecule has 1 atom stereocenters. The molecule has 1 aromatic carbocycles. The van der Waals surface area contributed by atoms with Gasteiger partial charge >= 0.3 is 7.69 Å². The Labute approximate surface area is 122 Å². The lowest BCUT2D eigenvalue weighted by atomic mass is 9.90. The van der Waals surface area contributed by atoms with Crippen molar-refractivity contribution in [3.8, 4) is 5.75 Å². The van der Waals surface area contributed by atoms with Crippen molar-refractivity contribution < 1.29 is 14.0 Å². The summed E-state index contributed by atoms with van der Waals surface area (Å²) in [6.45, 7) is 10.2. The number of hydrogen-bond donors (Lipinski definition) is 0. The summed E-state index contributed by atoms with van der Waals surface area (Å²) in [6.07, 6.45) is 2.62. The first-order valence-corrected chi connectivity index (χ1v) is 7.27. The molecule has 0 aromatic heterocycles. The molecule has 0 aliphatic carbocycles. The van der Waals surface area contributed by atoms with E-state index in [1.54, 1.807) is 0 Å². The molecule has 1 aromatic rings. The van der Waals surface area contributed by atoms with E-state index >= 15 is 0 Å². The van der Waals surface area contributed by atoms with E-state index in [1.165, 1.54) is 13.2 Å². The van der Waals surface area contributed by atoms with Crippen molar-refractivity contribution >= 4 is 7.69 Å². The van der Waals surface area contributed by atoms with Gasteiger partial charge in [0.1, 0.15) is 11.9 Å². The zero-order valence-corrected chi connectivity index (χ0v) is 13.1. The van der Waals surface area contributed by atoms with Crippen molar-refractivity contribution in [2.24, 2.45) is 0 Å². The van der Waals surface area contributed by atoms with E-state index in [0.29, 0.717) is 6.10 Å². The molecule has 3 nitrogen and oxygen atoms in total. The highest BCUT2D eigenvalue weighted by Gasteiger charge is 2.44. The van der Waals surface area contributed by atoms with Gasteiger partial charge in [-0.05, 0) is 45.7 Å². The highest BCUT2D eigenvalue weighted by atomic mass is 16.7. The molecule has 1 fully saturated rings. The number of rotatable bonds is 1. The van der Waals surface area contributed by atoms with Crippen LogP contribution in [0.5, 0.6) is 5.75 Å². The highest BCUT2D eigenvalue weighted by molar-refractivity contribution is 6.19. The number of hydrogen-bond acceptors (Lipinski definition) is 3. The van der Waals surface area contributed by atoms with Crippen LogP contribution < -0.4 is 4.74 Å². The molecule has 4 heteroatoms. The normalized spacial score (nSPS) is 24.9. The molecule has 2 aliphatic heterocycles. The van der Waals surface area contributed by atoms with Crippen molar-refractivity contribution in [3.63, 3.8) is 0 Å². The lowest BCUT2D eigenvalue weighted by Crippen LogP contribution is -2.41. The molecule has 0 spiro atoms. The predicted octanol–water partition coefficient (Wildman–Crippen LogP) is 3.52. The summed E-state index contributed by atoms with van der Waals surface area (Å²) >= 11 is 0. The van der Waals surface area contributed by atoms with Crippen LogP contribution in [0.2, 0.25) is 0 Å². The average molecular weight is 275 g/mol. The van der Waals surface area contributed by atoms with Gasteiger partial charge in [-0.15, -0.1) is 0 Å². The Hall–Kier alpha value is -0.995. The molecule has 0 amide bonds. The van der Waals surface area contributed by atoms with Crippen molar-refractivity contribution in [1.29, 1.82) is 0 Å². The van der Waals surface area contributed by atoms with E-state index in [9.17, 15) is 0 Å². The third kappa shape index (κ3) is 3.18. The summed E-state index contributed by atoms with van der Waals surface area (Å²) in [4.78, 5) is 0. The van der Waals surface area contributed by atoms with Gasteiger partial charge < -0.3 is 14.0 Å². The van der Waals surface area contributed by atoms with Crippen molar-refractivity contribution in [1.82, 2.24) is 0 Å². The largest absolute Gasteiger partial charge is 0.490 e. The lowest BCUT2D eigenvalue weighted by Gasteiger charge is -2.32. The summed E-state index contributed by atoms with van der Waals surface area (Å²) in [5.41, 5.74) is 0.986. The second-order valence-corrected chi connectivity index (χ2v) is 6.31. The van der Waals surface area contributed by atoms with Gasteiger partial charge in [-0.3, -0.25) is 0 Å². The van der Waals surface area contributed by atoms with E-state index in [1.807, 2.05) is 39.8 Å². The van der Waals surface area contributed by atoms with Crippen molar-refractivity contribution in [3.05, 3.63) is 29.8 Å². The number of fused-ring (bicyclic) bond motifs is 1. The minimum Gasteiger partial charge on any atom is -0.490 e. The van der Waals surface area contributed by atoms with Gasteiger partial charge in [0, 0.05) is 6.42 Å². The summed E-state index contributed by atoms with van der Waals surface area (Å²) < 4.78 is 16.1. The maximum Gasteiger partial charge on any atom is 0.488 e. The lowest BCUT2D eigenvalue weighted by molar-refractivity contribution is 0.00578. The smallest absolute Gasteiger partial charge is 0.488 e. The van der Waals surface area contributed by atoms with Crippen molar-refractivity contribution in [2.45, 2.75) is 64.8 Å². The first-order valence-electron chi connectivity index (χ1n) is 7.27. The van der Waals surface area contributed by atoms with Crippen LogP contribution in [0.25, 0.3) is 0 Å². The standard InChI is InChI=1S/C10H12O.C6H12BO2/c1-2-9-7-8-5-3-4-6-10(8)11-9;1-5(2)6(3,4)9-7-8-5/h3-6,9H,2,7H2,1H3;1-4H3. The quantitative estimate of drug-likeness (QED) is 0.734. The third-order valence-electron chi connectivity index (χ3n) is 4.30. The SMILES string of the molecule is CC1(C)O[B]OC1(C)C.CCC1Cc2ccccc2O1. The molecule has 2 heterocycles. The Morgan fingerprint density at radius 3 is 2.15 bits per heavy atom. The molecule has 1 radical (unpaired) electrons. The first-order chi connectivity index (χ1) is 9.36. The molecule has 1 saturated heterocycles. The maximum absolute atomic E-state index is 5.66. The average Bonchev–Trinajstić information content (AvgIpc) is 2.91. The summed E-state index contributed by atoms with van der Waals surface area (Å²) in [5.74, 6) is 1.08. The fourth-order valence-corrected chi connectivity index (χ4v) is 2.03. The second kappa shape index (κ2) is 5.78. The van der Waals surface area contributed by atoms with Crippen LogP contribution in [0.15, 0.2) is 24.3 Å². The fraction of sp³-hybridized carbons (Fsp3) is 0.625. The van der Waals surface area contributed by atoms with Crippen LogP contribution in [-0.2, 0) is 15.7 Å². The van der Waals surface area contributed by atoms with Gasteiger partial charge in [-0.2, -0.15) is 0 Å². The molecule has 109 valence electrons. The summed E-state index contributed by atoms with van der Waals surface area (Å²) in [7, 11) is 1.42. The van der Waals surface area contributed by atoms with Gasteiger partial charge in [0.05, 0.1) is 11.2 Å². The molecule has 1 unspecified atom stereocenters. The zero-order valence-electron chi connectivity index (χ0n) is 13.1. The highest BCUT2D eigenvalue weighted by Crippen LogP contribution is 2.33. The monoisotopic (exact) mass is 275 g/mol. The summed E-state index contributed by atoms with van der Waals surface area (Å²) in [5, 5.41) is 0. The predicted molar refractivity (Wildman–Crippen MR) is 80.9 cm³/mol. The van der Waals surface area contributed by atoms with Gasteiger partial charge in [0.25, 0.3) is 0 Å². The fourth-order valence-electron chi connectivity index (χ4n) is 2.03. The molecular formula is C16H24BO3. The van der Waals surface area contributed by atoms with Crippen LogP contribution in [-0.4, -0.2) is 25.0 Å². The van der Waals surface area contributed by atoms with Crippen molar-refractivity contribution in [2.75, 3.05) is 0 Å². The van der Waals surface area contributed by atoms with Gasteiger partial charge in [0.15, 0.2) is 0 Å². The van der Waals surface area contributed by atoms with Crippen LogP contribution in [0, 0.1) is 0 Å². The van der Waals surface area contributed by atoms with Gasteiger partial charge in [0.2, 0.25) is 0 Å². The van der Waals surface area contributed by atoms with Crippen LogP contribution >= 0.6 is 0 Å². The van der Waals surface area contributed by atoms with Crippen LogP contribution in [0.1, 0.15) is 46.6 Å². The van der Waals surface area contributed by atoms with Crippen LogP contribution in [0.4, 0.5) is 0 Å². The van der Waals surface area contributed by atoms with Gasteiger partial charge in [-0.1, -0.05) is 25.1 Å². The number of para-hydroxylation sites is 1. The molecule has 0 saturated carbocycles. The first kappa shape index (κ1) is 15.4. The molecule has 0 N–H and O–H groups in total. The zero-order chi connectivity index (χ0) is 14.8. The Morgan fingerprint density at radius 1 is 1.10 bits per heavy atom. The molecule has 0 bridgehead atoms. The molecular weight excluding hydrogens is 251 g/mol. The van der Waals surface area contributed by atoms with Crippen LogP contribution in [0.3, 0.4) is 0 Å². The Balaban J connectivity index is 0.000000151. The van der Waals surface area contributed by atoms with Gasteiger partial charge in [-0.25, -0.2) is 0 Å². The Kier molecular flexibility index (Phi) is 4.45. The third-order valence-corrected chi connectivity index (χ3v) is 4.30. The minimum atomic E-state index is -0.188. The van der Waals surface area contributed by atoms with E-state index in [-0.39, 0.29) is 11.2 Å². The Morgan fingerprint density at radius 2 is 1.70 bits per heavy atom. The number of ether oxygens (including phenoxy) is 1. The minimum absolute atomic E-state index is 0.187. The molecule has 3 rings (SSSR count). The molecule has 20 heavy (non-hydrogen) atoms. The van der Waals surface area contributed by atoms with E-state index in [0.717, 1.165) is 18.6 Å². The van der Waals surface area contributed by atoms with E-state index < -0.39 is 0 Å². The van der Waals surface area contributed by atoms with E-state index in [2.05, 4.69) is 19.1 Å². The topological polar surface area (TPSA) is 27.7 Å². The summed E-state index contributed by atoms with van der Waals surface area (Å²) in [6, 6.07) is 8.28. The number of benzene rings is 1. The maximum atomic E-state index is 5.66. The Bertz CT molecular complexity index is 418.